The van der Waals surface area contributed by atoms with Crippen LogP contribution in [0.15, 0.2) is 23.2 Å². The third-order valence-electron chi connectivity index (χ3n) is 2.21. The number of hydrogen-bond acceptors (Lipinski definition) is 7. The Hall–Kier alpha value is -2.07. The number of H-pyrrole nitrogens is 1. The lowest BCUT2D eigenvalue weighted by atomic mass is 10.4. The predicted octanol–water partition coefficient (Wildman–Crippen LogP) is -0.495. The predicted molar refractivity (Wildman–Crippen MR) is 66.6 cm³/mol. The van der Waals surface area contributed by atoms with Crippen molar-refractivity contribution in [2.45, 2.75) is 18.4 Å². The van der Waals surface area contributed by atoms with Gasteiger partial charge in [-0.25, -0.2) is 18.1 Å². The second-order valence-electron chi connectivity index (χ2n) is 3.56. The van der Waals surface area contributed by atoms with E-state index in [-0.39, 0.29) is 17.3 Å². The molecule has 0 saturated heterocycles. The summed E-state index contributed by atoms with van der Waals surface area (Å²) in [6, 6.07) is 2.88. The van der Waals surface area contributed by atoms with Gasteiger partial charge in [-0.05, 0) is 13.0 Å². The summed E-state index contributed by atoms with van der Waals surface area (Å²) in [6.45, 7) is 2.53. The van der Waals surface area contributed by atoms with Crippen LogP contribution in [0.25, 0.3) is 0 Å². The smallest absolute Gasteiger partial charge is 0.241 e. The summed E-state index contributed by atoms with van der Waals surface area (Å²) >= 11 is 0. The van der Waals surface area contributed by atoms with Crippen LogP contribution in [0.4, 0.5) is 5.82 Å². The van der Waals surface area contributed by atoms with Gasteiger partial charge in [0.05, 0.1) is 11.4 Å². The van der Waals surface area contributed by atoms with E-state index in [0.717, 1.165) is 0 Å². The van der Waals surface area contributed by atoms with Gasteiger partial charge in [0.25, 0.3) is 0 Å². The number of sulfonamides is 1. The lowest BCUT2D eigenvalue weighted by Gasteiger charge is -2.07. The number of rotatable bonds is 6. The molecule has 0 radical (unpaired) electrons. The third kappa shape index (κ3) is 3.45. The van der Waals surface area contributed by atoms with E-state index in [0.29, 0.717) is 12.4 Å². The van der Waals surface area contributed by atoms with Crippen LogP contribution in [0.1, 0.15) is 12.7 Å². The highest BCUT2D eigenvalue weighted by Gasteiger charge is 2.15. The van der Waals surface area contributed by atoms with Crippen LogP contribution < -0.4 is 10.0 Å². The lowest BCUT2D eigenvalue weighted by Crippen LogP contribution is -2.24. The van der Waals surface area contributed by atoms with Crippen LogP contribution in [0, 0.1) is 0 Å². The van der Waals surface area contributed by atoms with Gasteiger partial charge in [-0.1, -0.05) is 5.21 Å². The number of aromatic amines is 1. The average Bonchev–Trinajstić information content (AvgIpc) is 2.90. The quantitative estimate of drug-likeness (QED) is 0.652. The summed E-state index contributed by atoms with van der Waals surface area (Å²) in [5.74, 6) is 0.773. The Morgan fingerprint density at radius 2 is 2.26 bits per heavy atom. The van der Waals surface area contributed by atoms with Crippen molar-refractivity contribution in [1.29, 1.82) is 0 Å². The van der Waals surface area contributed by atoms with Gasteiger partial charge in [0.1, 0.15) is 5.82 Å². The van der Waals surface area contributed by atoms with Crippen molar-refractivity contribution in [3.63, 3.8) is 0 Å². The Balaban J connectivity index is 2.12. The summed E-state index contributed by atoms with van der Waals surface area (Å²) in [5, 5.41) is 15.9. The number of nitrogens with zero attached hydrogens (tertiary/aromatic N) is 4. The van der Waals surface area contributed by atoms with Gasteiger partial charge in [-0.2, -0.15) is 5.21 Å². The molecule has 0 saturated carbocycles. The van der Waals surface area contributed by atoms with Gasteiger partial charge < -0.3 is 5.32 Å². The molecule has 2 rings (SSSR count). The second kappa shape index (κ2) is 5.71. The number of anilines is 1. The van der Waals surface area contributed by atoms with Crippen molar-refractivity contribution in [2.24, 2.45) is 0 Å². The first-order chi connectivity index (χ1) is 9.12. The van der Waals surface area contributed by atoms with Crippen LogP contribution in [-0.4, -0.2) is 40.6 Å². The molecule has 0 aliphatic rings. The fourth-order valence-corrected chi connectivity index (χ4v) is 2.35. The molecule has 0 aliphatic heterocycles. The van der Waals surface area contributed by atoms with Gasteiger partial charge in [0.15, 0.2) is 5.82 Å². The minimum atomic E-state index is -3.63. The molecule has 0 aliphatic carbocycles. The summed E-state index contributed by atoms with van der Waals surface area (Å²) < 4.78 is 26.4. The van der Waals surface area contributed by atoms with Crippen molar-refractivity contribution in [2.75, 3.05) is 11.9 Å². The molecule has 10 heteroatoms. The van der Waals surface area contributed by atoms with Crippen LogP contribution >= 0.6 is 0 Å². The number of tetrazole rings is 1. The molecule has 2 aromatic rings. The first kappa shape index (κ1) is 13.4. The molecule has 2 aromatic heterocycles. The van der Waals surface area contributed by atoms with Crippen LogP contribution in [0.2, 0.25) is 0 Å². The fourth-order valence-electron chi connectivity index (χ4n) is 1.36. The van der Waals surface area contributed by atoms with Crippen molar-refractivity contribution >= 4 is 15.8 Å². The van der Waals surface area contributed by atoms with Crippen molar-refractivity contribution in [1.82, 2.24) is 30.3 Å². The summed E-state index contributed by atoms with van der Waals surface area (Å²) in [7, 11) is -3.63. The van der Waals surface area contributed by atoms with Gasteiger partial charge >= 0.3 is 0 Å². The van der Waals surface area contributed by atoms with Crippen LogP contribution in [-0.2, 0) is 16.6 Å². The Kier molecular flexibility index (Phi) is 4.02. The molecule has 2 heterocycles. The van der Waals surface area contributed by atoms with E-state index >= 15 is 0 Å². The van der Waals surface area contributed by atoms with Crippen molar-refractivity contribution in [3.8, 4) is 0 Å². The van der Waals surface area contributed by atoms with E-state index in [1.165, 1.54) is 18.3 Å². The molecule has 0 spiro atoms. The molecule has 0 unspecified atom stereocenters. The number of hydrogen-bond donors (Lipinski definition) is 3. The maximum atomic E-state index is 12.0. The zero-order valence-corrected chi connectivity index (χ0v) is 11.0. The van der Waals surface area contributed by atoms with E-state index in [4.69, 9.17) is 0 Å². The standard InChI is InChI=1S/C9H13N7O2S/c1-2-10-8-5-7(3-4-11-8)19(17,18)12-6-9-13-15-16-14-9/h3-5,12H,2,6H2,1H3,(H,10,11)(H,13,14,15,16). The van der Waals surface area contributed by atoms with Crippen LogP contribution in [0.3, 0.4) is 0 Å². The van der Waals surface area contributed by atoms with E-state index in [9.17, 15) is 8.42 Å². The van der Waals surface area contributed by atoms with E-state index < -0.39 is 10.0 Å². The summed E-state index contributed by atoms with van der Waals surface area (Å²) in [6.07, 6.45) is 1.43. The maximum Gasteiger partial charge on any atom is 0.241 e. The Morgan fingerprint density at radius 1 is 1.42 bits per heavy atom. The van der Waals surface area contributed by atoms with E-state index in [1.807, 2.05) is 6.92 Å². The molecule has 0 bridgehead atoms. The molecule has 0 amide bonds. The minimum absolute atomic E-state index is 0.0301. The second-order valence-corrected chi connectivity index (χ2v) is 5.33. The van der Waals surface area contributed by atoms with E-state index in [2.05, 4.69) is 35.6 Å². The van der Waals surface area contributed by atoms with E-state index in [1.54, 1.807) is 0 Å². The largest absolute Gasteiger partial charge is 0.370 e. The maximum absolute atomic E-state index is 12.0. The number of aromatic nitrogens is 5. The molecular weight excluding hydrogens is 270 g/mol. The van der Waals surface area contributed by atoms with Crippen LogP contribution in [0.5, 0.6) is 0 Å². The van der Waals surface area contributed by atoms with Gasteiger partial charge in [-0.3, -0.25) is 0 Å². The fraction of sp³-hybridized carbons (Fsp3) is 0.333. The first-order valence-corrected chi connectivity index (χ1v) is 7.02. The minimum Gasteiger partial charge on any atom is -0.370 e. The molecule has 9 nitrogen and oxygen atoms in total. The number of pyridine rings is 1. The average molecular weight is 283 g/mol. The lowest BCUT2D eigenvalue weighted by molar-refractivity contribution is 0.579. The summed E-state index contributed by atoms with van der Waals surface area (Å²) in [4.78, 5) is 4.14. The SMILES string of the molecule is CCNc1cc(S(=O)(=O)NCc2nn[nH]n2)ccn1. The Morgan fingerprint density at radius 3 is 2.95 bits per heavy atom. The zero-order chi connectivity index (χ0) is 13.7. The highest BCUT2D eigenvalue weighted by Crippen LogP contribution is 2.12. The molecule has 0 fully saturated rings. The zero-order valence-electron chi connectivity index (χ0n) is 10.2. The molecule has 19 heavy (non-hydrogen) atoms. The highest BCUT2D eigenvalue weighted by atomic mass is 32.2. The van der Waals surface area contributed by atoms with Gasteiger partial charge in [0.2, 0.25) is 10.0 Å². The third-order valence-corrected chi connectivity index (χ3v) is 3.61. The van der Waals surface area contributed by atoms with Crippen molar-refractivity contribution < 1.29 is 8.42 Å². The summed E-state index contributed by atoms with van der Waals surface area (Å²) in [5.41, 5.74) is 0. The molecule has 102 valence electrons. The Labute approximate surface area is 109 Å². The molecule has 3 N–H and O–H groups in total. The molecule has 0 atom stereocenters. The normalized spacial score (nSPS) is 11.4. The van der Waals surface area contributed by atoms with Crippen molar-refractivity contribution in [3.05, 3.63) is 24.2 Å². The Bertz CT molecular complexity index is 626. The molecule has 0 aromatic carbocycles. The topological polar surface area (TPSA) is 126 Å². The highest BCUT2D eigenvalue weighted by molar-refractivity contribution is 7.89. The first-order valence-electron chi connectivity index (χ1n) is 5.53. The monoisotopic (exact) mass is 283 g/mol. The molecular formula is C9H13N7O2S. The van der Waals surface area contributed by atoms with Gasteiger partial charge in [0, 0.05) is 18.8 Å². The van der Waals surface area contributed by atoms with Gasteiger partial charge in [-0.15, -0.1) is 10.2 Å². The number of nitrogens with one attached hydrogen (secondary N) is 3.